The Kier molecular flexibility index (Phi) is 36.4. The number of esters is 2. The standard InChI is InChI=1S/C42H76O6/c1-3-5-7-8-9-10-11-12-13-14-15-16-17-18-21-24-27-31-35-41(45)47-37-40(44)38-48-42(46)36-32-28-25-22-19-20-23-26-30-34-39(43)33-29-6-4-2/h6,23,26,29-30,34,39-40,43-44H,3-5,7-22,24-25,27-28,31-33,35-38H2,1-2H3/b26-23+,29-6+,34-30+/t39?,40-/m1/s1. The van der Waals surface area contributed by atoms with E-state index in [2.05, 4.69) is 26.0 Å². The molecule has 6 nitrogen and oxygen atoms in total. The van der Waals surface area contributed by atoms with Crippen molar-refractivity contribution in [2.75, 3.05) is 13.2 Å². The van der Waals surface area contributed by atoms with Gasteiger partial charge in [0.15, 0.2) is 0 Å². The van der Waals surface area contributed by atoms with Crippen LogP contribution in [0.15, 0.2) is 36.5 Å². The number of hydrogen-bond acceptors (Lipinski definition) is 6. The lowest BCUT2D eigenvalue weighted by Crippen LogP contribution is -2.25. The molecule has 2 atom stereocenters. The highest BCUT2D eigenvalue weighted by molar-refractivity contribution is 5.69. The highest BCUT2D eigenvalue weighted by Gasteiger charge is 2.12. The number of aliphatic hydroxyl groups is 2. The molecule has 0 saturated heterocycles. The van der Waals surface area contributed by atoms with E-state index in [1.165, 1.54) is 96.3 Å². The fraction of sp³-hybridized carbons (Fsp3) is 0.810. The summed E-state index contributed by atoms with van der Waals surface area (Å²) in [5.41, 5.74) is 0. The molecule has 0 radical (unpaired) electrons. The van der Waals surface area contributed by atoms with Crippen LogP contribution in [-0.4, -0.2) is 47.6 Å². The summed E-state index contributed by atoms with van der Waals surface area (Å²) in [6.45, 7) is 4.08. The number of ether oxygens (including phenoxy) is 2. The van der Waals surface area contributed by atoms with E-state index >= 15 is 0 Å². The van der Waals surface area contributed by atoms with Gasteiger partial charge in [-0.2, -0.15) is 0 Å². The van der Waals surface area contributed by atoms with Crippen LogP contribution < -0.4 is 0 Å². The van der Waals surface area contributed by atoms with Crippen LogP contribution in [0.2, 0.25) is 0 Å². The Labute approximate surface area is 296 Å². The number of carbonyl (C=O) groups is 2. The lowest BCUT2D eigenvalue weighted by atomic mass is 10.0. The van der Waals surface area contributed by atoms with E-state index < -0.39 is 12.2 Å². The number of unbranched alkanes of at least 4 members (excludes halogenated alkanes) is 22. The third-order valence-corrected chi connectivity index (χ3v) is 8.72. The van der Waals surface area contributed by atoms with Crippen molar-refractivity contribution in [2.24, 2.45) is 0 Å². The Bertz CT molecular complexity index is 789. The molecule has 0 aliphatic carbocycles. The number of aliphatic hydroxyl groups excluding tert-OH is 2. The van der Waals surface area contributed by atoms with Crippen LogP contribution in [0.3, 0.4) is 0 Å². The summed E-state index contributed by atoms with van der Waals surface area (Å²) in [6.07, 6.45) is 42.5. The average Bonchev–Trinajstić information content (AvgIpc) is 3.08. The maximum Gasteiger partial charge on any atom is 0.305 e. The molecule has 0 heterocycles. The highest BCUT2D eigenvalue weighted by atomic mass is 16.6. The van der Waals surface area contributed by atoms with E-state index in [0.29, 0.717) is 19.3 Å². The first-order valence-corrected chi connectivity index (χ1v) is 20.1. The first kappa shape index (κ1) is 46.1. The zero-order valence-electron chi connectivity index (χ0n) is 31.4. The van der Waals surface area contributed by atoms with E-state index in [-0.39, 0.29) is 25.2 Å². The summed E-state index contributed by atoms with van der Waals surface area (Å²) in [5.74, 6) is -0.612. The predicted molar refractivity (Wildman–Crippen MR) is 202 cm³/mol. The van der Waals surface area contributed by atoms with Crippen molar-refractivity contribution in [3.63, 3.8) is 0 Å². The molecule has 0 spiro atoms. The molecule has 0 rings (SSSR count). The van der Waals surface area contributed by atoms with Gasteiger partial charge in [-0.05, 0) is 38.5 Å². The van der Waals surface area contributed by atoms with E-state index in [1.807, 2.05) is 24.3 Å². The smallest absolute Gasteiger partial charge is 0.305 e. The lowest BCUT2D eigenvalue weighted by molar-refractivity contribution is -0.152. The van der Waals surface area contributed by atoms with Crippen LogP contribution in [-0.2, 0) is 19.1 Å². The van der Waals surface area contributed by atoms with E-state index in [9.17, 15) is 19.8 Å². The fourth-order valence-corrected chi connectivity index (χ4v) is 5.65. The Morgan fingerprint density at radius 3 is 1.38 bits per heavy atom. The molecule has 6 heteroatoms. The molecule has 1 unspecified atom stereocenters. The fourth-order valence-electron chi connectivity index (χ4n) is 5.65. The SMILES string of the molecule is CC/C=C/CC(O)/C=C/C=C/CCCCCCCC(=O)OC[C@H](O)COC(=O)CCCCCCCCCCCCCCCCCCCC. The van der Waals surface area contributed by atoms with Crippen molar-refractivity contribution >= 4 is 11.9 Å². The number of allylic oxidation sites excluding steroid dienone is 4. The number of hydrogen-bond donors (Lipinski definition) is 2. The maximum absolute atomic E-state index is 12.0. The minimum absolute atomic E-state index is 0.133. The molecule has 0 aliphatic heterocycles. The van der Waals surface area contributed by atoms with Gasteiger partial charge in [0, 0.05) is 12.8 Å². The van der Waals surface area contributed by atoms with Gasteiger partial charge in [0.05, 0.1) is 6.10 Å². The van der Waals surface area contributed by atoms with Gasteiger partial charge in [-0.1, -0.05) is 179 Å². The van der Waals surface area contributed by atoms with Gasteiger partial charge in [-0.3, -0.25) is 9.59 Å². The second-order valence-corrected chi connectivity index (χ2v) is 13.6. The molecule has 0 bridgehead atoms. The van der Waals surface area contributed by atoms with E-state index in [4.69, 9.17) is 9.47 Å². The molecular formula is C42H76O6. The maximum atomic E-state index is 12.0. The zero-order chi connectivity index (χ0) is 35.2. The van der Waals surface area contributed by atoms with Crippen molar-refractivity contribution in [1.29, 1.82) is 0 Å². The third kappa shape index (κ3) is 36.9. The molecule has 280 valence electrons. The van der Waals surface area contributed by atoms with Crippen molar-refractivity contribution in [2.45, 2.75) is 206 Å². The van der Waals surface area contributed by atoms with Crippen LogP contribution in [0.4, 0.5) is 0 Å². The first-order chi connectivity index (χ1) is 23.5. The van der Waals surface area contributed by atoms with Crippen LogP contribution in [0.1, 0.15) is 194 Å². The summed E-state index contributed by atoms with van der Waals surface area (Å²) in [7, 11) is 0. The van der Waals surface area contributed by atoms with Crippen molar-refractivity contribution in [3.8, 4) is 0 Å². The zero-order valence-corrected chi connectivity index (χ0v) is 31.4. The Morgan fingerprint density at radius 2 is 0.938 bits per heavy atom. The van der Waals surface area contributed by atoms with Crippen molar-refractivity contribution in [1.82, 2.24) is 0 Å². The van der Waals surface area contributed by atoms with Gasteiger partial charge in [0.2, 0.25) is 0 Å². The van der Waals surface area contributed by atoms with E-state index in [1.54, 1.807) is 0 Å². The number of rotatable bonds is 36. The molecule has 2 N–H and O–H groups in total. The van der Waals surface area contributed by atoms with Crippen LogP contribution >= 0.6 is 0 Å². The molecule has 0 aromatic heterocycles. The topological polar surface area (TPSA) is 93.1 Å². The minimum atomic E-state index is -0.984. The first-order valence-electron chi connectivity index (χ1n) is 20.1. The van der Waals surface area contributed by atoms with E-state index in [0.717, 1.165) is 64.2 Å². The molecular weight excluding hydrogens is 600 g/mol. The molecule has 0 amide bonds. The average molecular weight is 677 g/mol. The Hall–Kier alpha value is -1.92. The van der Waals surface area contributed by atoms with Gasteiger partial charge >= 0.3 is 11.9 Å². The summed E-state index contributed by atoms with van der Waals surface area (Å²) < 4.78 is 10.3. The van der Waals surface area contributed by atoms with Crippen LogP contribution in [0, 0.1) is 0 Å². The van der Waals surface area contributed by atoms with Gasteiger partial charge in [0.1, 0.15) is 19.3 Å². The van der Waals surface area contributed by atoms with Gasteiger partial charge in [0.25, 0.3) is 0 Å². The second kappa shape index (κ2) is 37.9. The minimum Gasteiger partial charge on any atom is -0.463 e. The molecule has 0 aliphatic rings. The quantitative estimate of drug-likeness (QED) is 0.0297. The van der Waals surface area contributed by atoms with Crippen molar-refractivity contribution < 1.29 is 29.3 Å². The number of carbonyl (C=O) groups excluding carboxylic acids is 2. The van der Waals surface area contributed by atoms with Gasteiger partial charge in [-0.25, -0.2) is 0 Å². The molecule has 0 aromatic carbocycles. The van der Waals surface area contributed by atoms with Gasteiger partial charge in [-0.15, -0.1) is 0 Å². The lowest BCUT2D eigenvalue weighted by Gasteiger charge is -2.12. The Morgan fingerprint density at radius 1 is 0.521 bits per heavy atom. The predicted octanol–water partition coefficient (Wildman–Crippen LogP) is 11.4. The molecule has 0 aromatic rings. The monoisotopic (exact) mass is 677 g/mol. The third-order valence-electron chi connectivity index (χ3n) is 8.72. The second-order valence-electron chi connectivity index (χ2n) is 13.6. The van der Waals surface area contributed by atoms with Crippen molar-refractivity contribution in [3.05, 3.63) is 36.5 Å². The van der Waals surface area contributed by atoms with Crippen LogP contribution in [0.25, 0.3) is 0 Å². The normalized spacial score (nSPS) is 13.2. The molecule has 48 heavy (non-hydrogen) atoms. The highest BCUT2D eigenvalue weighted by Crippen LogP contribution is 2.15. The molecule has 0 saturated carbocycles. The summed E-state index contributed by atoms with van der Waals surface area (Å²) in [5, 5.41) is 19.8. The summed E-state index contributed by atoms with van der Waals surface area (Å²) >= 11 is 0. The van der Waals surface area contributed by atoms with Crippen LogP contribution in [0.5, 0.6) is 0 Å². The summed E-state index contributed by atoms with van der Waals surface area (Å²) in [4.78, 5) is 23.9. The summed E-state index contributed by atoms with van der Waals surface area (Å²) in [6, 6.07) is 0. The Balaban J connectivity index is 3.47. The van der Waals surface area contributed by atoms with Gasteiger partial charge < -0.3 is 19.7 Å². The molecule has 0 fully saturated rings. The largest absolute Gasteiger partial charge is 0.463 e.